The number of thiazole rings is 1. The molecule has 0 amide bonds. The lowest BCUT2D eigenvalue weighted by Crippen LogP contribution is -2.04. The SMILES string of the molecule is NCCCc1nc(C2CCS(=O)(=O)C2)cs1. The first-order valence-electron chi connectivity index (χ1n) is 5.45. The van der Waals surface area contributed by atoms with Gasteiger partial charge in [-0.3, -0.25) is 0 Å². The molecule has 1 aromatic heterocycles. The summed E-state index contributed by atoms with van der Waals surface area (Å²) in [5.41, 5.74) is 6.39. The van der Waals surface area contributed by atoms with Gasteiger partial charge in [0, 0.05) is 17.7 Å². The van der Waals surface area contributed by atoms with Gasteiger partial charge < -0.3 is 5.73 Å². The third-order valence-corrected chi connectivity index (χ3v) is 5.51. The fourth-order valence-electron chi connectivity index (χ4n) is 1.91. The molecule has 1 unspecified atom stereocenters. The van der Waals surface area contributed by atoms with Crippen LogP contribution in [0.3, 0.4) is 0 Å². The van der Waals surface area contributed by atoms with E-state index >= 15 is 0 Å². The first kappa shape index (κ1) is 12.0. The summed E-state index contributed by atoms with van der Waals surface area (Å²) in [5, 5.41) is 3.07. The van der Waals surface area contributed by atoms with Gasteiger partial charge in [-0.15, -0.1) is 11.3 Å². The molecule has 0 bridgehead atoms. The average Bonchev–Trinajstić information content (AvgIpc) is 2.81. The van der Waals surface area contributed by atoms with Crippen molar-refractivity contribution in [3.05, 3.63) is 16.1 Å². The molecule has 2 N–H and O–H groups in total. The third kappa shape index (κ3) is 2.81. The van der Waals surface area contributed by atoms with E-state index in [2.05, 4.69) is 4.98 Å². The fraction of sp³-hybridized carbons (Fsp3) is 0.700. The largest absolute Gasteiger partial charge is 0.330 e. The molecule has 6 heteroatoms. The minimum Gasteiger partial charge on any atom is -0.330 e. The topological polar surface area (TPSA) is 73.0 Å². The van der Waals surface area contributed by atoms with Gasteiger partial charge in [0.2, 0.25) is 0 Å². The van der Waals surface area contributed by atoms with Gasteiger partial charge in [-0.2, -0.15) is 0 Å². The van der Waals surface area contributed by atoms with Crippen molar-refractivity contribution in [2.75, 3.05) is 18.1 Å². The second kappa shape index (κ2) is 4.81. The number of nitrogens with two attached hydrogens (primary N) is 1. The van der Waals surface area contributed by atoms with E-state index in [1.165, 1.54) is 0 Å². The first-order chi connectivity index (χ1) is 7.61. The summed E-state index contributed by atoms with van der Waals surface area (Å²) in [6.45, 7) is 0.673. The summed E-state index contributed by atoms with van der Waals surface area (Å²) < 4.78 is 22.7. The zero-order valence-electron chi connectivity index (χ0n) is 9.05. The van der Waals surface area contributed by atoms with E-state index in [1.807, 2.05) is 5.38 Å². The lowest BCUT2D eigenvalue weighted by atomic mass is 10.1. The number of aryl methyl sites for hydroxylation is 1. The number of nitrogens with zero attached hydrogens (tertiary/aromatic N) is 1. The molecule has 1 aromatic rings. The number of rotatable bonds is 4. The first-order valence-corrected chi connectivity index (χ1v) is 8.15. The second-order valence-electron chi connectivity index (χ2n) is 4.16. The predicted octanol–water partition coefficient (Wildman–Crippen LogP) is 0.937. The molecule has 0 aliphatic carbocycles. The van der Waals surface area contributed by atoms with E-state index in [0.717, 1.165) is 30.0 Å². The van der Waals surface area contributed by atoms with Gasteiger partial charge in [0.15, 0.2) is 9.84 Å². The van der Waals surface area contributed by atoms with E-state index < -0.39 is 9.84 Å². The van der Waals surface area contributed by atoms with E-state index in [9.17, 15) is 8.42 Å². The summed E-state index contributed by atoms with van der Waals surface area (Å²) in [7, 11) is -2.81. The van der Waals surface area contributed by atoms with Crippen LogP contribution in [0.1, 0.15) is 29.5 Å². The van der Waals surface area contributed by atoms with Crippen LogP contribution >= 0.6 is 11.3 Å². The summed E-state index contributed by atoms with van der Waals surface area (Å²) >= 11 is 1.61. The molecule has 2 rings (SSSR count). The Morgan fingerprint density at radius 3 is 3.00 bits per heavy atom. The van der Waals surface area contributed by atoms with Crippen LogP contribution in [0.15, 0.2) is 5.38 Å². The minimum absolute atomic E-state index is 0.118. The van der Waals surface area contributed by atoms with Crippen molar-refractivity contribution in [3.8, 4) is 0 Å². The standard InChI is InChI=1S/C10H16N2O2S2/c11-4-1-2-10-12-9(6-15-10)8-3-5-16(13,14)7-8/h6,8H,1-5,7,11H2. The molecular weight excluding hydrogens is 244 g/mol. The molecule has 90 valence electrons. The molecule has 1 aliphatic heterocycles. The van der Waals surface area contributed by atoms with Crippen molar-refractivity contribution in [2.45, 2.75) is 25.2 Å². The van der Waals surface area contributed by atoms with Crippen molar-refractivity contribution in [3.63, 3.8) is 0 Å². The van der Waals surface area contributed by atoms with Crippen LogP contribution in [0.5, 0.6) is 0 Å². The van der Waals surface area contributed by atoms with Gasteiger partial charge in [-0.1, -0.05) is 0 Å². The van der Waals surface area contributed by atoms with Crippen LogP contribution < -0.4 is 5.73 Å². The number of aromatic nitrogens is 1. The maximum absolute atomic E-state index is 11.4. The molecule has 0 spiro atoms. The molecular formula is C10H16N2O2S2. The van der Waals surface area contributed by atoms with Crippen LogP contribution in [0.4, 0.5) is 0 Å². The number of hydrogen-bond donors (Lipinski definition) is 1. The Balaban J connectivity index is 2.02. The lowest BCUT2D eigenvalue weighted by molar-refractivity contribution is 0.601. The Morgan fingerprint density at radius 2 is 2.38 bits per heavy atom. The zero-order valence-corrected chi connectivity index (χ0v) is 10.7. The van der Waals surface area contributed by atoms with E-state index in [0.29, 0.717) is 12.3 Å². The lowest BCUT2D eigenvalue weighted by Gasteiger charge is -2.01. The highest BCUT2D eigenvalue weighted by Gasteiger charge is 2.30. The van der Waals surface area contributed by atoms with Crippen molar-refractivity contribution in [2.24, 2.45) is 5.73 Å². The summed E-state index contributed by atoms with van der Waals surface area (Å²) in [6, 6.07) is 0. The fourth-order valence-corrected chi connectivity index (χ4v) is 4.59. The summed E-state index contributed by atoms with van der Waals surface area (Å²) in [4.78, 5) is 4.49. The van der Waals surface area contributed by atoms with Crippen LogP contribution in [0.25, 0.3) is 0 Å². The quantitative estimate of drug-likeness (QED) is 0.874. The molecule has 0 radical (unpaired) electrons. The van der Waals surface area contributed by atoms with Crippen molar-refractivity contribution < 1.29 is 8.42 Å². The van der Waals surface area contributed by atoms with Gasteiger partial charge >= 0.3 is 0 Å². The highest BCUT2D eigenvalue weighted by Crippen LogP contribution is 2.29. The van der Waals surface area contributed by atoms with Gasteiger partial charge in [-0.25, -0.2) is 13.4 Å². The highest BCUT2D eigenvalue weighted by molar-refractivity contribution is 7.91. The van der Waals surface area contributed by atoms with E-state index in [-0.39, 0.29) is 11.7 Å². The number of sulfone groups is 1. The maximum Gasteiger partial charge on any atom is 0.151 e. The van der Waals surface area contributed by atoms with E-state index in [1.54, 1.807) is 11.3 Å². The zero-order chi connectivity index (χ0) is 11.6. The Hall–Kier alpha value is -0.460. The normalized spacial score (nSPS) is 23.7. The minimum atomic E-state index is -2.81. The Bertz CT molecular complexity index is 453. The predicted molar refractivity (Wildman–Crippen MR) is 65.5 cm³/mol. The van der Waals surface area contributed by atoms with Crippen LogP contribution in [0.2, 0.25) is 0 Å². The smallest absolute Gasteiger partial charge is 0.151 e. The van der Waals surface area contributed by atoms with Crippen LogP contribution in [-0.4, -0.2) is 31.5 Å². The highest BCUT2D eigenvalue weighted by atomic mass is 32.2. The summed E-state index contributed by atoms with van der Waals surface area (Å²) in [5.74, 6) is 0.702. The Labute approximate surface area is 99.8 Å². The molecule has 16 heavy (non-hydrogen) atoms. The van der Waals surface area contributed by atoms with E-state index in [4.69, 9.17) is 5.73 Å². The van der Waals surface area contributed by atoms with Gasteiger partial charge in [0.25, 0.3) is 0 Å². The Kier molecular flexibility index (Phi) is 3.61. The molecule has 1 atom stereocenters. The summed E-state index contributed by atoms with van der Waals surface area (Å²) in [6.07, 6.45) is 2.57. The molecule has 0 saturated carbocycles. The van der Waals surface area contributed by atoms with Gasteiger partial charge in [0.05, 0.1) is 22.2 Å². The average molecular weight is 260 g/mol. The third-order valence-electron chi connectivity index (χ3n) is 2.81. The maximum atomic E-state index is 11.4. The van der Waals surface area contributed by atoms with Gasteiger partial charge in [-0.05, 0) is 19.4 Å². The van der Waals surface area contributed by atoms with Gasteiger partial charge in [0.1, 0.15) is 0 Å². The van der Waals surface area contributed by atoms with Crippen LogP contribution in [0, 0.1) is 0 Å². The molecule has 4 nitrogen and oxygen atoms in total. The second-order valence-corrected chi connectivity index (χ2v) is 7.33. The van der Waals surface area contributed by atoms with Crippen molar-refractivity contribution in [1.29, 1.82) is 0 Å². The Morgan fingerprint density at radius 1 is 1.56 bits per heavy atom. The monoisotopic (exact) mass is 260 g/mol. The molecule has 1 fully saturated rings. The molecule has 1 saturated heterocycles. The number of hydrogen-bond acceptors (Lipinski definition) is 5. The van der Waals surface area contributed by atoms with Crippen molar-refractivity contribution in [1.82, 2.24) is 4.98 Å². The van der Waals surface area contributed by atoms with Crippen molar-refractivity contribution >= 4 is 21.2 Å². The molecule has 1 aliphatic rings. The van der Waals surface area contributed by atoms with Crippen LogP contribution in [-0.2, 0) is 16.3 Å². The molecule has 2 heterocycles. The molecule has 0 aromatic carbocycles.